The third-order valence-electron chi connectivity index (χ3n) is 5.32. The summed E-state index contributed by atoms with van der Waals surface area (Å²) in [4.78, 5) is 34.5. The molecule has 1 aliphatic heterocycles. The lowest BCUT2D eigenvalue weighted by atomic mass is 10.1. The van der Waals surface area contributed by atoms with Crippen LogP contribution in [0.1, 0.15) is 6.92 Å². The van der Waals surface area contributed by atoms with Crippen molar-refractivity contribution in [2.24, 2.45) is 0 Å². The number of furan rings is 1. The molecule has 5 rings (SSSR count). The number of hydrogen-bond donors (Lipinski definition) is 2. The zero-order chi connectivity index (χ0) is 22.1. The minimum absolute atomic E-state index is 0.171. The maximum absolute atomic E-state index is 12.8. The third kappa shape index (κ3) is 3.67. The van der Waals surface area contributed by atoms with Gasteiger partial charge in [0.2, 0.25) is 5.58 Å². The highest BCUT2D eigenvalue weighted by atomic mass is 16.5. The second-order valence-corrected chi connectivity index (χ2v) is 7.36. The van der Waals surface area contributed by atoms with Crippen LogP contribution in [0.5, 0.6) is 5.75 Å². The van der Waals surface area contributed by atoms with Crippen molar-refractivity contribution in [1.82, 2.24) is 14.9 Å². The zero-order valence-electron chi connectivity index (χ0n) is 17.5. The highest BCUT2D eigenvalue weighted by Gasteiger charge is 2.19. The molecule has 2 N–H and O–H groups in total. The molecule has 1 aliphatic rings. The maximum atomic E-state index is 12.8. The van der Waals surface area contributed by atoms with Gasteiger partial charge >= 0.3 is 6.03 Å². The van der Waals surface area contributed by atoms with Crippen molar-refractivity contribution >= 4 is 33.8 Å². The number of nitrogens with zero attached hydrogens (tertiary/aromatic N) is 2. The molecule has 0 saturated carbocycles. The lowest BCUT2D eigenvalue weighted by molar-refractivity contribution is 0.0564. The summed E-state index contributed by atoms with van der Waals surface area (Å²) in [5, 5.41) is 3.66. The van der Waals surface area contributed by atoms with Gasteiger partial charge in [-0.1, -0.05) is 12.1 Å². The van der Waals surface area contributed by atoms with Gasteiger partial charge in [-0.05, 0) is 37.3 Å². The van der Waals surface area contributed by atoms with Gasteiger partial charge in [0.25, 0.3) is 5.56 Å². The van der Waals surface area contributed by atoms with E-state index in [1.807, 2.05) is 25.1 Å². The topological polar surface area (TPSA) is 110 Å². The van der Waals surface area contributed by atoms with Crippen molar-refractivity contribution in [1.29, 1.82) is 0 Å². The van der Waals surface area contributed by atoms with E-state index in [1.165, 1.54) is 0 Å². The first-order valence-electron chi connectivity index (χ1n) is 10.5. The lowest BCUT2D eigenvalue weighted by Crippen LogP contribution is -2.43. The molecule has 1 fully saturated rings. The number of para-hydroxylation sites is 1. The van der Waals surface area contributed by atoms with Crippen LogP contribution in [0.3, 0.4) is 0 Å². The molecule has 32 heavy (non-hydrogen) atoms. The first kappa shape index (κ1) is 20.1. The second kappa shape index (κ2) is 8.35. The first-order valence-corrected chi connectivity index (χ1v) is 10.5. The minimum atomic E-state index is -0.383. The first-order chi connectivity index (χ1) is 15.6. The summed E-state index contributed by atoms with van der Waals surface area (Å²) in [6, 6.07) is 12.4. The molecule has 164 valence electrons. The zero-order valence-corrected chi connectivity index (χ0v) is 17.5. The molecule has 0 unspecified atom stereocenters. The summed E-state index contributed by atoms with van der Waals surface area (Å²) < 4.78 is 16.8. The molecule has 0 bridgehead atoms. The molecule has 2 aromatic carbocycles. The molecule has 0 spiro atoms. The number of morpholine rings is 1. The molecule has 1 saturated heterocycles. The van der Waals surface area contributed by atoms with Crippen LogP contribution in [0.2, 0.25) is 0 Å². The van der Waals surface area contributed by atoms with E-state index < -0.39 is 0 Å². The highest BCUT2D eigenvalue weighted by molar-refractivity contribution is 6.02. The van der Waals surface area contributed by atoms with Gasteiger partial charge in [-0.15, -0.1) is 0 Å². The Kier molecular flexibility index (Phi) is 5.24. The van der Waals surface area contributed by atoms with Crippen LogP contribution in [0.15, 0.2) is 51.7 Å². The SMILES string of the molecule is CCOc1ccc(NC(=O)N2CCOCC2)cc1-c1nc2c(oc3ccccc32)c(=O)[nH]1. The highest BCUT2D eigenvalue weighted by Crippen LogP contribution is 2.32. The standard InChI is InChI=1S/C23H22N4O5/c1-2-31-17-8-7-14(24-23(29)27-9-11-30-12-10-27)13-16(17)21-25-19-15-5-3-4-6-18(15)32-20(19)22(28)26-21/h3-8,13H,2,9-12H2,1H3,(H,24,29)(H,25,26,28). The van der Waals surface area contributed by atoms with E-state index in [0.29, 0.717) is 66.8 Å². The van der Waals surface area contributed by atoms with E-state index in [2.05, 4.69) is 15.3 Å². The third-order valence-corrected chi connectivity index (χ3v) is 5.32. The van der Waals surface area contributed by atoms with E-state index in [9.17, 15) is 9.59 Å². The summed E-state index contributed by atoms with van der Waals surface area (Å²) in [6.45, 7) is 4.43. The molecule has 3 heterocycles. The van der Waals surface area contributed by atoms with Crippen LogP contribution in [-0.2, 0) is 4.74 Å². The number of aromatic amines is 1. The predicted octanol–water partition coefficient (Wildman–Crippen LogP) is 3.60. The van der Waals surface area contributed by atoms with E-state index in [-0.39, 0.29) is 17.2 Å². The fourth-order valence-corrected chi connectivity index (χ4v) is 3.77. The van der Waals surface area contributed by atoms with Crippen molar-refractivity contribution in [3.8, 4) is 17.1 Å². The van der Waals surface area contributed by atoms with Crippen molar-refractivity contribution in [3.63, 3.8) is 0 Å². The summed E-state index contributed by atoms with van der Waals surface area (Å²) >= 11 is 0. The predicted molar refractivity (Wildman–Crippen MR) is 120 cm³/mol. The van der Waals surface area contributed by atoms with Gasteiger partial charge in [-0.2, -0.15) is 0 Å². The smallest absolute Gasteiger partial charge is 0.321 e. The fraction of sp³-hybridized carbons (Fsp3) is 0.261. The van der Waals surface area contributed by atoms with Crippen LogP contribution in [0.4, 0.5) is 10.5 Å². The molecule has 9 heteroatoms. The van der Waals surface area contributed by atoms with Crippen LogP contribution >= 0.6 is 0 Å². The summed E-state index contributed by atoms with van der Waals surface area (Å²) in [7, 11) is 0. The Morgan fingerprint density at radius 2 is 2.03 bits per heavy atom. The Morgan fingerprint density at radius 1 is 1.22 bits per heavy atom. The fourth-order valence-electron chi connectivity index (χ4n) is 3.77. The van der Waals surface area contributed by atoms with E-state index in [4.69, 9.17) is 13.9 Å². The summed E-state index contributed by atoms with van der Waals surface area (Å²) in [6.07, 6.45) is 0. The Balaban J connectivity index is 1.57. The van der Waals surface area contributed by atoms with E-state index in [1.54, 1.807) is 29.2 Å². The number of urea groups is 1. The molecular weight excluding hydrogens is 412 g/mol. The Hall–Kier alpha value is -3.85. The summed E-state index contributed by atoms with van der Waals surface area (Å²) in [5.74, 6) is 0.882. The number of aromatic nitrogens is 2. The van der Waals surface area contributed by atoms with E-state index in [0.717, 1.165) is 5.39 Å². The number of ether oxygens (including phenoxy) is 2. The number of carbonyl (C=O) groups excluding carboxylic acids is 1. The molecule has 0 radical (unpaired) electrons. The van der Waals surface area contributed by atoms with Crippen molar-refractivity contribution < 1.29 is 18.7 Å². The summed E-state index contributed by atoms with van der Waals surface area (Å²) in [5.41, 5.74) is 1.99. The van der Waals surface area contributed by atoms with Gasteiger partial charge in [-0.25, -0.2) is 9.78 Å². The molecule has 2 aromatic heterocycles. The lowest BCUT2D eigenvalue weighted by Gasteiger charge is -2.27. The number of hydrogen-bond acceptors (Lipinski definition) is 6. The van der Waals surface area contributed by atoms with Crippen LogP contribution < -0.4 is 15.6 Å². The number of fused-ring (bicyclic) bond motifs is 3. The normalized spacial score (nSPS) is 14.1. The molecule has 4 aromatic rings. The van der Waals surface area contributed by atoms with Crippen molar-refractivity contribution in [2.45, 2.75) is 6.92 Å². The van der Waals surface area contributed by atoms with Gasteiger partial charge in [0, 0.05) is 24.2 Å². The molecule has 2 amide bonds. The van der Waals surface area contributed by atoms with Gasteiger partial charge < -0.3 is 29.1 Å². The van der Waals surface area contributed by atoms with Crippen LogP contribution in [-0.4, -0.2) is 53.8 Å². The number of carbonyl (C=O) groups is 1. The molecule has 0 aliphatic carbocycles. The monoisotopic (exact) mass is 434 g/mol. The Bertz CT molecular complexity index is 1350. The molecule has 0 atom stereocenters. The maximum Gasteiger partial charge on any atom is 0.321 e. The molecule has 9 nitrogen and oxygen atoms in total. The average molecular weight is 434 g/mol. The number of anilines is 1. The van der Waals surface area contributed by atoms with Crippen molar-refractivity contribution in [2.75, 3.05) is 38.2 Å². The number of H-pyrrole nitrogens is 1. The minimum Gasteiger partial charge on any atom is -0.493 e. The van der Waals surface area contributed by atoms with Gasteiger partial charge in [0.15, 0.2) is 0 Å². The van der Waals surface area contributed by atoms with Gasteiger partial charge in [0.1, 0.15) is 22.7 Å². The van der Waals surface area contributed by atoms with E-state index >= 15 is 0 Å². The Morgan fingerprint density at radius 3 is 2.84 bits per heavy atom. The molecular formula is C23H22N4O5. The van der Waals surface area contributed by atoms with Crippen LogP contribution in [0.25, 0.3) is 33.5 Å². The van der Waals surface area contributed by atoms with Crippen molar-refractivity contribution in [3.05, 3.63) is 52.8 Å². The number of amides is 2. The Labute approximate surface area is 182 Å². The van der Waals surface area contributed by atoms with Gasteiger partial charge in [0.05, 0.1) is 25.4 Å². The number of benzene rings is 2. The number of rotatable bonds is 4. The van der Waals surface area contributed by atoms with Gasteiger partial charge in [-0.3, -0.25) is 4.79 Å². The number of nitrogens with one attached hydrogen (secondary N) is 2. The van der Waals surface area contributed by atoms with Crippen LogP contribution in [0, 0.1) is 0 Å². The quantitative estimate of drug-likeness (QED) is 0.508. The second-order valence-electron chi connectivity index (χ2n) is 7.36. The largest absolute Gasteiger partial charge is 0.493 e. The average Bonchev–Trinajstić information content (AvgIpc) is 3.20.